The molecule has 0 bridgehead atoms. The van der Waals surface area contributed by atoms with Gasteiger partial charge in [-0.05, 0) is 34.7 Å². The van der Waals surface area contributed by atoms with Crippen LogP contribution in [-0.4, -0.2) is 16.2 Å². The Kier molecular flexibility index (Phi) is 3.85. The van der Waals surface area contributed by atoms with E-state index >= 15 is 0 Å². The van der Waals surface area contributed by atoms with Gasteiger partial charge in [0.1, 0.15) is 5.75 Å². The normalized spacial score (nSPS) is 12.1. The lowest BCUT2D eigenvalue weighted by atomic mass is 9.95. The summed E-state index contributed by atoms with van der Waals surface area (Å²) in [5.74, 6) is -0.531. The molecule has 98 valence electrons. The minimum absolute atomic E-state index is 0.00590. The van der Waals surface area contributed by atoms with E-state index in [4.69, 9.17) is 5.11 Å². The molecule has 0 fully saturated rings. The van der Waals surface area contributed by atoms with Crippen molar-refractivity contribution in [2.24, 2.45) is 0 Å². The molecule has 0 saturated heterocycles. The number of phenolic OH excluding ortho intramolecular Hbond substituents is 1. The van der Waals surface area contributed by atoms with E-state index in [0.717, 1.165) is 16.7 Å². The molecule has 2 aromatic carbocycles. The summed E-state index contributed by atoms with van der Waals surface area (Å²) in [6.07, 6.45) is 0.137. The Hall–Kier alpha value is -2.29. The zero-order chi connectivity index (χ0) is 13.8. The van der Waals surface area contributed by atoms with Crippen molar-refractivity contribution in [3.63, 3.8) is 0 Å². The Morgan fingerprint density at radius 1 is 1.00 bits per heavy atom. The number of aliphatic carboxylic acids is 1. The third-order valence-electron chi connectivity index (χ3n) is 3.16. The summed E-state index contributed by atoms with van der Waals surface area (Å²) in [6, 6.07) is 14.9. The first kappa shape index (κ1) is 13.1. The summed E-state index contributed by atoms with van der Waals surface area (Å²) in [7, 11) is 0. The molecule has 0 saturated carbocycles. The fourth-order valence-corrected chi connectivity index (χ4v) is 2.04. The average Bonchev–Trinajstić information content (AvgIpc) is 2.39. The highest BCUT2D eigenvalue weighted by Crippen LogP contribution is 2.25. The Bertz CT molecular complexity index is 556. The molecule has 0 aliphatic carbocycles. The molecule has 19 heavy (non-hydrogen) atoms. The molecule has 0 radical (unpaired) electrons. The molecule has 2 rings (SSSR count). The molecule has 2 aromatic rings. The second-order valence-corrected chi connectivity index (χ2v) is 4.67. The number of rotatable bonds is 4. The summed E-state index contributed by atoms with van der Waals surface area (Å²) in [5, 5.41) is 18.0. The summed E-state index contributed by atoms with van der Waals surface area (Å²) in [4.78, 5) is 10.7. The second kappa shape index (κ2) is 5.57. The number of aromatic hydroxyl groups is 1. The summed E-state index contributed by atoms with van der Waals surface area (Å²) in [5.41, 5.74) is 3.09. The zero-order valence-corrected chi connectivity index (χ0v) is 10.7. The Balaban J connectivity index is 2.18. The van der Waals surface area contributed by atoms with Crippen LogP contribution in [0.5, 0.6) is 5.75 Å². The van der Waals surface area contributed by atoms with Gasteiger partial charge in [0.05, 0.1) is 6.42 Å². The zero-order valence-electron chi connectivity index (χ0n) is 10.7. The van der Waals surface area contributed by atoms with Crippen LogP contribution in [0.25, 0.3) is 11.1 Å². The summed E-state index contributed by atoms with van der Waals surface area (Å²) < 4.78 is 0. The van der Waals surface area contributed by atoms with E-state index in [1.807, 2.05) is 43.3 Å². The molecule has 1 unspecified atom stereocenters. The van der Waals surface area contributed by atoms with Crippen LogP contribution in [0.4, 0.5) is 0 Å². The molecule has 1 atom stereocenters. The van der Waals surface area contributed by atoms with Crippen LogP contribution in [0, 0.1) is 0 Å². The molecule has 0 heterocycles. The third-order valence-corrected chi connectivity index (χ3v) is 3.16. The topological polar surface area (TPSA) is 57.5 Å². The van der Waals surface area contributed by atoms with Gasteiger partial charge in [-0.1, -0.05) is 43.3 Å². The monoisotopic (exact) mass is 256 g/mol. The predicted octanol–water partition coefficient (Wildman–Crippen LogP) is 3.64. The first-order valence-corrected chi connectivity index (χ1v) is 6.17. The van der Waals surface area contributed by atoms with Crippen molar-refractivity contribution in [1.82, 2.24) is 0 Å². The van der Waals surface area contributed by atoms with E-state index in [9.17, 15) is 9.90 Å². The number of carboxylic acid groups (broad SMARTS) is 1. The molecule has 0 aromatic heterocycles. The molecule has 2 N–H and O–H groups in total. The predicted molar refractivity (Wildman–Crippen MR) is 74.2 cm³/mol. The summed E-state index contributed by atoms with van der Waals surface area (Å²) in [6.45, 7) is 1.91. The molecule has 3 nitrogen and oxygen atoms in total. The Morgan fingerprint density at radius 3 is 1.95 bits per heavy atom. The second-order valence-electron chi connectivity index (χ2n) is 4.67. The van der Waals surface area contributed by atoms with Crippen molar-refractivity contribution < 1.29 is 15.0 Å². The fourth-order valence-electron chi connectivity index (χ4n) is 2.04. The summed E-state index contributed by atoms with van der Waals surface area (Å²) >= 11 is 0. The van der Waals surface area contributed by atoms with Crippen molar-refractivity contribution >= 4 is 5.97 Å². The van der Waals surface area contributed by atoms with Crippen molar-refractivity contribution in [2.45, 2.75) is 19.3 Å². The quantitative estimate of drug-likeness (QED) is 0.878. The van der Waals surface area contributed by atoms with Crippen LogP contribution in [-0.2, 0) is 4.79 Å². The van der Waals surface area contributed by atoms with Crippen molar-refractivity contribution in [2.75, 3.05) is 0 Å². The van der Waals surface area contributed by atoms with E-state index < -0.39 is 5.97 Å². The maximum atomic E-state index is 10.7. The fraction of sp³-hybridized carbons (Fsp3) is 0.188. The number of benzene rings is 2. The molecule has 0 spiro atoms. The maximum Gasteiger partial charge on any atom is 0.303 e. The number of hydrogen-bond donors (Lipinski definition) is 2. The molecular formula is C16H16O3. The smallest absolute Gasteiger partial charge is 0.303 e. The van der Waals surface area contributed by atoms with Crippen molar-refractivity contribution in [3.05, 3.63) is 54.1 Å². The van der Waals surface area contributed by atoms with E-state index in [1.165, 1.54) is 0 Å². The van der Waals surface area contributed by atoms with E-state index in [0.29, 0.717) is 0 Å². The minimum Gasteiger partial charge on any atom is -0.508 e. The van der Waals surface area contributed by atoms with Gasteiger partial charge in [0, 0.05) is 0 Å². The van der Waals surface area contributed by atoms with Gasteiger partial charge in [-0.25, -0.2) is 0 Å². The van der Waals surface area contributed by atoms with Crippen LogP contribution in [0.3, 0.4) is 0 Å². The van der Waals surface area contributed by atoms with Gasteiger partial charge in [0.25, 0.3) is 0 Å². The molecule has 0 aliphatic rings. The third kappa shape index (κ3) is 3.35. The van der Waals surface area contributed by atoms with Crippen molar-refractivity contribution in [1.29, 1.82) is 0 Å². The number of carboxylic acids is 1. The minimum atomic E-state index is -0.782. The lowest BCUT2D eigenvalue weighted by Crippen LogP contribution is -2.02. The van der Waals surface area contributed by atoms with Crippen LogP contribution in [0.15, 0.2) is 48.5 Å². The van der Waals surface area contributed by atoms with Gasteiger partial charge in [0.15, 0.2) is 0 Å². The van der Waals surface area contributed by atoms with E-state index in [2.05, 4.69) is 0 Å². The first-order chi connectivity index (χ1) is 9.06. The van der Waals surface area contributed by atoms with Crippen LogP contribution in [0.2, 0.25) is 0 Å². The van der Waals surface area contributed by atoms with Gasteiger partial charge in [-0.3, -0.25) is 4.79 Å². The van der Waals surface area contributed by atoms with Gasteiger partial charge >= 0.3 is 5.97 Å². The van der Waals surface area contributed by atoms with Gasteiger partial charge in [-0.15, -0.1) is 0 Å². The lowest BCUT2D eigenvalue weighted by Gasteiger charge is -2.10. The van der Waals surface area contributed by atoms with E-state index in [-0.39, 0.29) is 18.1 Å². The molecular weight excluding hydrogens is 240 g/mol. The Morgan fingerprint density at radius 2 is 1.47 bits per heavy atom. The highest BCUT2D eigenvalue weighted by Gasteiger charge is 2.10. The van der Waals surface area contributed by atoms with Crippen molar-refractivity contribution in [3.8, 4) is 16.9 Å². The SMILES string of the molecule is CC(CC(=O)O)c1ccc(-c2ccc(O)cc2)cc1. The standard InChI is InChI=1S/C16H16O3/c1-11(10-16(18)19)12-2-4-13(5-3-12)14-6-8-15(17)9-7-14/h2-9,11,17H,10H2,1H3,(H,18,19). The van der Waals surface area contributed by atoms with Crippen LogP contribution >= 0.6 is 0 Å². The molecule has 0 aliphatic heterocycles. The van der Waals surface area contributed by atoms with E-state index in [1.54, 1.807) is 12.1 Å². The largest absolute Gasteiger partial charge is 0.508 e. The van der Waals surface area contributed by atoms with Gasteiger partial charge in [0.2, 0.25) is 0 Å². The first-order valence-electron chi connectivity index (χ1n) is 6.17. The maximum absolute atomic E-state index is 10.7. The number of phenols is 1. The lowest BCUT2D eigenvalue weighted by molar-refractivity contribution is -0.137. The van der Waals surface area contributed by atoms with Crippen LogP contribution in [0.1, 0.15) is 24.8 Å². The van der Waals surface area contributed by atoms with Gasteiger partial charge < -0.3 is 10.2 Å². The highest BCUT2D eigenvalue weighted by molar-refractivity contribution is 5.68. The van der Waals surface area contributed by atoms with Gasteiger partial charge in [-0.2, -0.15) is 0 Å². The number of hydrogen-bond acceptors (Lipinski definition) is 2. The van der Waals surface area contributed by atoms with Crippen LogP contribution < -0.4 is 0 Å². The average molecular weight is 256 g/mol. The Labute approximate surface area is 112 Å². The number of carbonyl (C=O) groups is 1. The molecule has 0 amide bonds. The highest BCUT2D eigenvalue weighted by atomic mass is 16.4. The molecule has 3 heteroatoms.